The van der Waals surface area contributed by atoms with Gasteiger partial charge in [-0.2, -0.15) is 0 Å². The summed E-state index contributed by atoms with van der Waals surface area (Å²) in [5.74, 6) is -3.70. The molecule has 0 bridgehead atoms. The quantitative estimate of drug-likeness (QED) is 0.250. The summed E-state index contributed by atoms with van der Waals surface area (Å²) in [6, 6.07) is 13.5. The summed E-state index contributed by atoms with van der Waals surface area (Å²) in [7, 11) is 0. The third-order valence-electron chi connectivity index (χ3n) is 6.95. The number of hydrogen-bond acceptors (Lipinski definition) is 8. The van der Waals surface area contributed by atoms with Gasteiger partial charge in [-0.25, -0.2) is 9.18 Å². The number of aliphatic carboxylic acids is 3. The van der Waals surface area contributed by atoms with Crippen LogP contribution in [0.25, 0.3) is 0 Å². The van der Waals surface area contributed by atoms with Gasteiger partial charge in [0, 0.05) is 44.0 Å². The van der Waals surface area contributed by atoms with Crippen molar-refractivity contribution >= 4 is 17.9 Å². The Morgan fingerprint density at radius 2 is 1.56 bits per heavy atom. The van der Waals surface area contributed by atoms with Crippen molar-refractivity contribution in [1.29, 1.82) is 0 Å². The first-order valence-electron chi connectivity index (χ1n) is 13.1. The Kier molecular flexibility index (Phi) is 11.1. The highest BCUT2D eigenvalue weighted by molar-refractivity contribution is 5.88. The molecule has 2 atom stereocenters. The van der Waals surface area contributed by atoms with Crippen LogP contribution in [0.1, 0.15) is 54.7 Å². The van der Waals surface area contributed by atoms with Gasteiger partial charge in [0.1, 0.15) is 11.6 Å². The van der Waals surface area contributed by atoms with Gasteiger partial charge in [0.2, 0.25) is 0 Å². The molecule has 3 aromatic rings. The zero-order chi connectivity index (χ0) is 30.0. The molecule has 12 heteroatoms. The molecular weight excluding hydrogens is 537 g/mol. The van der Waals surface area contributed by atoms with Crippen LogP contribution in [0.3, 0.4) is 0 Å². The van der Waals surface area contributed by atoms with Crippen LogP contribution in [0.2, 0.25) is 0 Å². The summed E-state index contributed by atoms with van der Waals surface area (Å²) in [5.41, 5.74) is 0.580. The summed E-state index contributed by atoms with van der Waals surface area (Å²) in [4.78, 5) is 37.2. The van der Waals surface area contributed by atoms with Gasteiger partial charge in [0.15, 0.2) is 5.60 Å². The molecule has 220 valence electrons. The maximum Gasteiger partial charge on any atom is 0.336 e. The zero-order valence-corrected chi connectivity index (χ0v) is 22.6. The van der Waals surface area contributed by atoms with E-state index in [2.05, 4.69) is 27.2 Å². The Morgan fingerprint density at radius 1 is 0.976 bits per heavy atom. The van der Waals surface area contributed by atoms with E-state index in [4.69, 9.17) is 24.9 Å². The van der Waals surface area contributed by atoms with Crippen LogP contribution < -0.4 is 0 Å². The fourth-order valence-electron chi connectivity index (χ4n) is 5.06. The van der Waals surface area contributed by atoms with Crippen molar-refractivity contribution in [3.63, 3.8) is 0 Å². The number of nitrogens with zero attached hydrogens (tertiary/aromatic N) is 3. The van der Waals surface area contributed by atoms with E-state index in [1.807, 2.05) is 37.5 Å². The Morgan fingerprint density at radius 3 is 2.07 bits per heavy atom. The standard InChI is InChI=1S/C23H26FN3O.C6H8O7/c1-17-13-22(28-26-17)14-20-3-2-4-23(20)27(16-19-9-11-25-12-10-19)15-18-5-7-21(24)8-6-18;7-3(8)1-6(13,5(11)12)2-4(9)10/h5-13,20,23H,2-4,14-16H2,1H3;13H,1-2H2,(H,7,8)(H,9,10)(H,11,12)/t20-,23+;/m0./s1. The molecule has 1 aliphatic rings. The van der Waals surface area contributed by atoms with Gasteiger partial charge in [-0.3, -0.25) is 19.5 Å². The average molecular weight is 572 g/mol. The van der Waals surface area contributed by atoms with Crippen molar-refractivity contribution < 1.29 is 43.7 Å². The molecule has 0 saturated heterocycles. The molecule has 1 aliphatic carbocycles. The van der Waals surface area contributed by atoms with Gasteiger partial charge < -0.3 is 24.9 Å². The first-order chi connectivity index (χ1) is 19.4. The molecule has 1 aromatic carbocycles. The van der Waals surface area contributed by atoms with E-state index >= 15 is 0 Å². The van der Waals surface area contributed by atoms with Gasteiger partial charge >= 0.3 is 17.9 Å². The lowest BCUT2D eigenvalue weighted by molar-refractivity contribution is -0.170. The highest BCUT2D eigenvalue weighted by Gasteiger charge is 2.40. The maximum absolute atomic E-state index is 13.3. The van der Waals surface area contributed by atoms with E-state index in [-0.39, 0.29) is 5.82 Å². The number of aromatic nitrogens is 2. The SMILES string of the molecule is Cc1cc(C[C@@H]2CCC[C@H]2N(Cc2ccncc2)Cc2ccc(F)cc2)on1.O=C(O)CC(O)(CC(=O)O)C(=O)O. The largest absolute Gasteiger partial charge is 0.481 e. The normalized spacial score (nSPS) is 16.7. The Labute approximate surface area is 236 Å². The topological polar surface area (TPSA) is 174 Å². The minimum absolute atomic E-state index is 0.191. The number of carboxylic acids is 3. The van der Waals surface area contributed by atoms with E-state index in [0.29, 0.717) is 12.0 Å². The molecule has 1 fully saturated rings. The van der Waals surface area contributed by atoms with Gasteiger partial charge in [-0.05, 0) is 61.1 Å². The number of halogens is 1. The molecule has 41 heavy (non-hydrogen) atoms. The molecule has 4 rings (SSSR count). The Hall–Kier alpha value is -4.16. The lowest BCUT2D eigenvalue weighted by Crippen LogP contribution is -2.42. The van der Waals surface area contributed by atoms with E-state index in [0.717, 1.165) is 36.5 Å². The van der Waals surface area contributed by atoms with Crippen molar-refractivity contribution in [2.75, 3.05) is 0 Å². The van der Waals surface area contributed by atoms with Crippen LogP contribution in [0.4, 0.5) is 4.39 Å². The zero-order valence-electron chi connectivity index (χ0n) is 22.6. The predicted octanol–water partition coefficient (Wildman–Crippen LogP) is 3.68. The number of aliphatic hydroxyl groups is 1. The van der Waals surface area contributed by atoms with Gasteiger partial charge in [0.25, 0.3) is 0 Å². The van der Waals surface area contributed by atoms with Crippen molar-refractivity contribution in [2.45, 2.75) is 70.2 Å². The van der Waals surface area contributed by atoms with Crippen LogP contribution >= 0.6 is 0 Å². The van der Waals surface area contributed by atoms with Crippen LogP contribution in [0.15, 0.2) is 59.4 Å². The number of carbonyl (C=O) groups is 3. The molecule has 1 saturated carbocycles. The van der Waals surface area contributed by atoms with Crippen molar-refractivity contribution in [2.24, 2.45) is 5.92 Å². The van der Waals surface area contributed by atoms with Gasteiger partial charge in [0.05, 0.1) is 18.5 Å². The molecule has 11 nitrogen and oxygen atoms in total. The fraction of sp³-hybridized carbons (Fsp3) is 0.414. The minimum Gasteiger partial charge on any atom is -0.481 e. The highest BCUT2D eigenvalue weighted by atomic mass is 19.1. The molecular formula is C29H34FN3O8. The summed E-state index contributed by atoms with van der Waals surface area (Å²) >= 11 is 0. The predicted molar refractivity (Wildman–Crippen MR) is 143 cm³/mol. The first kappa shape index (κ1) is 31.4. The number of rotatable bonds is 12. The second kappa shape index (κ2) is 14.5. The number of pyridine rings is 1. The second-order valence-electron chi connectivity index (χ2n) is 10.3. The smallest absolute Gasteiger partial charge is 0.336 e. The molecule has 0 unspecified atom stereocenters. The maximum atomic E-state index is 13.3. The number of carboxylic acid groups (broad SMARTS) is 3. The van der Waals surface area contributed by atoms with E-state index < -0.39 is 36.4 Å². The lowest BCUT2D eigenvalue weighted by atomic mass is 9.95. The monoisotopic (exact) mass is 571 g/mol. The van der Waals surface area contributed by atoms with Crippen LogP contribution in [-0.4, -0.2) is 65.0 Å². The van der Waals surface area contributed by atoms with Crippen molar-refractivity contribution in [1.82, 2.24) is 15.0 Å². The third-order valence-corrected chi connectivity index (χ3v) is 6.95. The summed E-state index contributed by atoms with van der Waals surface area (Å²) in [5, 5.41) is 37.9. The molecule has 0 radical (unpaired) electrons. The Bertz CT molecular complexity index is 1280. The highest BCUT2D eigenvalue weighted by Crippen LogP contribution is 2.34. The van der Waals surface area contributed by atoms with E-state index in [9.17, 15) is 18.8 Å². The number of benzene rings is 1. The van der Waals surface area contributed by atoms with E-state index in [1.165, 1.54) is 24.8 Å². The number of hydrogen-bond donors (Lipinski definition) is 4. The molecule has 0 amide bonds. The molecule has 0 spiro atoms. The summed E-state index contributed by atoms with van der Waals surface area (Å²) in [6.07, 6.45) is 5.90. The molecule has 2 heterocycles. The number of aryl methyl sites for hydroxylation is 1. The van der Waals surface area contributed by atoms with E-state index in [1.54, 1.807) is 12.1 Å². The second-order valence-corrected chi connectivity index (χ2v) is 10.3. The van der Waals surface area contributed by atoms with Gasteiger partial charge in [-0.1, -0.05) is 23.7 Å². The van der Waals surface area contributed by atoms with Crippen LogP contribution in [-0.2, 0) is 33.9 Å². The third kappa shape index (κ3) is 9.76. The molecule has 0 aliphatic heterocycles. The van der Waals surface area contributed by atoms with Crippen LogP contribution in [0.5, 0.6) is 0 Å². The Balaban J connectivity index is 0.000000302. The van der Waals surface area contributed by atoms with Crippen molar-refractivity contribution in [3.05, 3.63) is 83.3 Å². The van der Waals surface area contributed by atoms with Crippen molar-refractivity contribution in [3.8, 4) is 0 Å². The minimum atomic E-state index is -2.74. The lowest BCUT2D eigenvalue weighted by Gasteiger charge is -2.33. The fourth-order valence-corrected chi connectivity index (χ4v) is 5.06. The average Bonchev–Trinajstić information content (AvgIpc) is 3.53. The first-order valence-corrected chi connectivity index (χ1v) is 13.1. The van der Waals surface area contributed by atoms with Crippen LogP contribution in [0, 0.1) is 18.7 Å². The summed E-state index contributed by atoms with van der Waals surface area (Å²) < 4.78 is 18.8. The van der Waals surface area contributed by atoms with Gasteiger partial charge in [-0.15, -0.1) is 0 Å². The molecule has 4 N–H and O–H groups in total. The molecule has 2 aromatic heterocycles. The summed E-state index contributed by atoms with van der Waals surface area (Å²) in [6.45, 7) is 3.62.